The maximum atomic E-state index is 3.89. The van der Waals surface area contributed by atoms with Crippen LogP contribution in [-0.2, 0) is 0 Å². The van der Waals surface area contributed by atoms with E-state index in [2.05, 4.69) is 9.59 Å². The van der Waals surface area contributed by atoms with Gasteiger partial charge >= 0.3 is 0 Å². The number of benzene rings is 1. The molecule has 0 atom stereocenters. The van der Waals surface area contributed by atoms with Gasteiger partial charge in [-0.25, -0.2) is 0 Å². The maximum Gasteiger partial charge on any atom is 0.105 e. The average molecular weight is 215 g/mol. The topological polar surface area (TPSA) is 25.8 Å². The van der Waals surface area contributed by atoms with Crippen LogP contribution in [0.5, 0.6) is 0 Å². The molecule has 1 aromatic carbocycles. The van der Waals surface area contributed by atoms with Gasteiger partial charge in [-0.05, 0) is 23.7 Å². The molecule has 2 aromatic rings. The van der Waals surface area contributed by atoms with E-state index in [-0.39, 0.29) is 17.1 Å². The minimum Gasteiger partial charge on any atom is -0.138 e. The van der Waals surface area contributed by atoms with E-state index >= 15 is 0 Å². The first-order valence-electron chi connectivity index (χ1n) is 2.64. The summed E-state index contributed by atoms with van der Waals surface area (Å²) in [5.74, 6) is 0. The van der Waals surface area contributed by atoms with Crippen molar-refractivity contribution in [2.24, 2.45) is 0 Å². The van der Waals surface area contributed by atoms with E-state index in [4.69, 9.17) is 0 Å². The molecule has 1 heterocycles. The summed E-state index contributed by atoms with van der Waals surface area (Å²) < 4.78 is 4.94. The minimum absolute atomic E-state index is 0. The summed E-state index contributed by atoms with van der Waals surface area (Å²) in [7, 11) is 0. The Morgan fingerprint density at radius 3 is 2.80 bits per heavy atom. The Bertz CT molecular complexity index is 290. The van der Waals surface area contributed by atoms with Gasteiger partial charge in [0, 0.05) is 17.1 Å². The Kier molecular flexibility index (Phi) is 2.38. The number of hydrogen-bond donors (Lipinski definition) is 0. The van der Waals surface area contributed by atoms with Crippen LogP contribution in [0, 0.1) is 0 Å². The Morgan fingerprint density at radius 2 is 2.00 bits per heavy atom. The van der Waals surface area contributed by atoms with Crippen molar-refractivity contribution in [2.45, 2.75) is 0 Å². The molecule has 1 aromatic heterocycles. The third-order valence-corrected chi connectivity index (χ3v) is 1.86. The Labute approximate surface area is 72.9 Å². The van der Waals surface area contributed by atoms with Crippen molar-refractivity contribution in [3.8, 4) is 0 Å². The molecule has 0 aliphatic heterocycles. The fraction of sp³-hybridized carbons (Fsp3) is 0. The van der Waals surface area contributed by atoms with Gasteiger partial charge in [0.1, 0.15) is 5.52 Å². The van der Waals surface area contributed by atoms with Crippen LogP contribution >= 0.6 is 11.5 Å². The number of fused-ring (bicyclic) bond motifs is 1. The van der Waals surface area contributed by atoms with Crippen molar-refractivity contribution >= 4 is 38.8 Å². The standard InChI is InChI=1S/C6H4N2S.Se/c1-2-4-6-5(3-1)7-8-9-6;/h1-4H;. The second-order valence-corrected chi connectivity index (χ2v) is 2.53. The molecular weight excluding hydrogens is 211 g/mol. The van der Waals surface area contributed by atoms with E-state index in [1.165, 1.54) is 11.5 Å². The van der Waals surface area contributed by atoms with Crippen molar-refractivity contribution in [3.05, 3.63) is 24.3 Å². The van der Waals surface area contributed by atoms with Crippen molar-refractivity contribution in [1.82, 2.24) is 9.59 Å². The zero-order chi connectivity index (χ0) is 6.10. The van der Waals surface area contributed by atoms with E-state index in [1.807, 2.05) is 24.3 Å². The van der Waals surface area contributed by atoms with Crippen LogP contribution in [0.1, 0.15) is 0 Å². The van der Waals surface area contributed by atoms with Crippen molar-refractivity contribution in [3.63, 3.8) is 0 Å². The third kappa shape index (κ3) is 1.19. The molecule has 0 aliphatic rings. The Hall–Kier alpha value is -0.441. The summed E-state index contributed by atoms with van der Waals surface area (Å²) in [6.07, 6.45) is 0. The van der Waals surface area contributed by atoms with Gasteiger partial charge in [-0.3, -0.25) is 0 Å². The monoisotopic (exact) mass is 216 g/mol. The second-order valence-electron chi connectivity index (χ2n) is 1.74. The van der Waals surface area contributed by atoms with E-state index in [1.54, 1.807) is 0 Å². The van der Waals surface area contributed by atoms with Gasteiger partial charge < -0.3 is 0 Å². The second kappa shape index (κ2) is 3.10. The SMILES string of the molecule is [Se].c1ccc2snnc2c1. The van der Waals surface area contributed by atoms with Crippen LogP contribution in [0.25, 0.3) is 10.2 Å². The Morgan fingerprint density at radius 1 is 1.20 bits per heavy atom. The van der Waals surface area contributed by atoms with Gasteiger partial charge in [0.2, 0.25) is 0 Å². The predicted molar refractivity (Wildman–Crippen MR) is 43.2 cm³/mol. The van der Waals surface area contributed by atoms with E-state index in [9.17, 15) is 0 Å². The molecule has 0 N–H and O–H groups in total. The van der Waals surface area contributed by atoms with Gasteiger partial charge in [0.25, 0.3) is 0 Å². The summed E-state index contributed by atoms with van der Waals surface area (Å²) in [5.41, 5.74) is 0.988. The quantitative estimate of drug-likeness (QED) is 0.619. The smallest absolute Gasteiger partial charge is 0.105 e. The molecular formula is C6H4N2SSe. The molecule has 0 amide bonds. The van der Waals surface area contributed by atoms with Crippen LogP contribution in [0.2, 0.25) is 0 Å². The molecule has 0 spiro atoms. The first-order chi connectivity index (χ1) is 4.47. The van der Waals surface area contributed by atoms with Crippen LogP contribution in [0.4, 0.5) is 0 Å². The average Bonchev–Trinajstić information content (AvgIpc) is 2.33. The number of rotatable bonds is 0. The van der Waals surface area contributed by atoms with Gasteiger partial charge in [-0.2, -0.15) is 0 Å². The minimum atomic E-state index is 0. The fourth-order valence-corrected chi connectivity index (χ4v) is 1.28. The molecule has 2 nitrogen and oxygen atoms in total. The normalized spacial score (nSPS) is 9.20. The van der Waals surface area contributed by atoms with Gasteiger partial charge in [0.05, 0.1) is 4.70 Å². The first kappa shape index (κ1) is 7.66. The molecule has 0 aliphatic carbocycles. The molecule has 2 radical (unpaired) electrons. The largest absolute Gasteiger partial charge is 0.138 e. The van der Waals surface area contributed by atoms with E-state index < -0.39 is 0 Å². The van der Waals surface area contributed by atoms with Crippen molar-refractivity contribution in [2.75, 3.05) is 0 Å². The van der Waals surface area contributed by atoms with Crippen molar-refractivity contribution in [1.29, 1.82) is 0 Å². The molecule has 0 fully saturated rings. The summed E-state index contributed by atoms with van der Waals surface area (Å²) in [6, 6.07) is 7.92. The van der Waals surface area contributed by atoms with Gasteiger partial charge in [-0.1, -0.05) is 16.6 Å². The van der Waals surface area contributed by atoms with Crippen LogP contribution in [0.15, 0.2) is 24.3 Å². The number of hydrogen-bond acceptors (Lipinski definition) is 3. The molecule has 4 heteroatoms. The molecule has 2 rings (SSSR count). The van der Waals surface area contributed by atoms with E-state index in [0.29, 0.717) is 0 Å². The summed E-state index contributed by atoms with van der Waals surface area (Å²) in [5, 5.41) is 3.89. The van der Waals surface area contributed by atoms with Crippen LogP contribution in [-0.4, -0.2) is 26.7 Å². The fourth-order valence-electron chi connectivity index (χ4n) is 0.725. The summed E-state index contributed by atoms with van der Waals surface area (Å²) >= 11 is 1.43. The van der Waals surface area contributed by atoms with Gasteiger partial charge in [-0.15, -0.1) is 5.10 Å². The third-order valence-electron chi connectivity index (χ3n) is 1.15. The maximum absolute atomic E-state index is 3.89. The van der Waals surface area contributed by atoms with Crippen molar-refractivity contribution < 1.29 is 0 Å². The molecule has 0 unspecified atom stereocenters. The molecule has 0 bridgehead atoms. The Balaban J connectivity index is 0.000000500. The predicted octanol–water partition coefficient (Wildman–Crippen LogP) is 1.31. The first-order valence-corrected chi connectivity index (χ1v) is 3.41. The summed E-state index contributed by atoms with van der Waals surface area (Å²) in [6.45, 7) is 0. The molecule has 0 saturated carbocycles. The molecule has 10 heavy (non-hydrogen) atoms. The zero-order valence-electron chi connectivity index (χ0n) is 5.02. The number of nitrogens with zero attached hydrogens (tertiary/aromatic N) is 2. The summed E-state index contributed by atoms with van der Waals surface area (Å²) in [4.78, 5) is 0. The molecule has 50 valence electrons. The van der Waals surface area contributed by atoms with E-state index in [0.717, 1.165) is 10.2 Å². The number of aromatic nitrogens is 2. The molecule has 0 saturated heterocycles. The van der Waals surface area contributed by atoms with Crippen LogP contribution in [0.3, 0.4) is 0 Å². The van der Waals surface area contributed by atoms with Crippen LogP contribution < -0.4 is 0 Å². The zero-order valence-corrected chi connectivity index (χ0v) is 7.55. The van der Waals surface area contributed by atoms with Gasteiger partial charge in [0.15, 0.2) is 0 Å².